The molecule has 3 N–H and O–H groups in total. The van der Waals surface area contributed by atoms with Gasteiger partial charge in [-0.2, -0.15) is 0 Å². The summed E-state index contributed by atoms with van der Waals surface area (Å²) in [5.74, 6) is -4.04. The molecular formula is C37H41F2N5O9S. The topological polar surface area (TPSA) is 182 Å². The van der Waals surface area contributed by atoms with E-state index in [0.717, 1.165) is 22.3 Å². The minimum atomic E-state index is -4.13. The van der Waals surface area contributed by atoms with Gasteiger partial charge in [-0.15, -0.1) is 0 Å². The van der Waals surface area contributed by atoms with E-state index in [1.807, 2.05) is 47.2 Å². The van der Waals surface area contributed by atoms with Gasteiger partial charge in [-0.05, 0) is 66.2 Å². The number of sulfonamides is 1. The van der Waals surface area contributed by atoms with Gasteiger partial charge in [0, 0.05) is 17.5 Å². The SMILES string of the molecule is CC(C)(C)[C@@H]1NC(=O)OC/C=C/COc2ccc3c(c2)/C(=N/O[C@@H]2C[C@@H](C(=O)N[C@]4(C(=O)NS(=O)(=O)C5CC5)C[C@H]4C(F)F)N(C2)C1=O)c1ccccc1-3. The molecule has 2 aromatic rings. The lowest BCUT2D eigenvalue weighted by molar-refractivity contribution is -0.143. The van der Waals surface area contributed by atoms with Crippen molar-refractivity contribution in [2.45, 2.75) is 81.9 Å². The minimum Gasteiger partial charge on any atom is -0.490 e. The molecule has 1 saturated heterocycles. The van der Waals surface area contributed by atoms with Crippen LogP contribution in [0.25, 0.3) is 11.1 Å². The number of nitrogens with zero attached hydrogens (tertiary/aromatic N) is 2. The normalized spacial score (nSPS) is 28.4. The number of hydrogen-bond donors (Lipinski definition) is 3. The van der Waals surface area contributed by atoms with Crippen molar-refractivity contribution in [3.05, 3.63) is 65.7 Å². The van der Waals surface area contributed by atoms with Crippen LogP contribution in [0.5, 0.6) is 5.75 Å². The smallest absolute Gasteiger partial charge is 0.408 e. The summed E-state index contributed by atoms with van der Waals surface area (Å²) in [7, 11) is -4.13. The number of alkyl halides is 2. The summed E-state index contributed by atoms with van der Waals surface area (Å²) in [6.45, 7) is 4.95. The highest BCUT2D eigenvalue weighted by Crippen LogP contribution is 2.48. The number of fused-ring (bicyclic) bond motifs is 6. The van der Waals surface area contributed by atoms with Crippen LogP contribution in [0.2, 0.25) is 0 Å². The first-order valence-corrected chi connectivity index (χ1v) is 19.3. The molecule has 288 valence electrons. The third kappa shape index (κ3) is 7.24. The summed E-state index contributed by atoms with van der Waals surface area (Å²) < 4.78 is 66.5. The second-order valence-electron chi connectivity index (χ2n) is 15.3. The van der Waals surface area contributed by atoms with Crippen LogP contribution in [0, 0.1) is 11.3 Å². The number of halogens is 2. The van der Waals surface area contributed by atoms with Crippen molar-refractivity contribution in [3.8, 4) is 16.9 Å². The Balaban J connectivity index is 1.23. The standard InChI is InChI=1S/C37H41F2N5O9S/c1-36(2,3)30-33(46)44-19-21(17-28(44)32(45)41-37(18-27(37)31(38)39)34(47)43-54(49,50)22-11-12-22)53-42-29-25-9-5-4-8-23(25)24-13-10-20(16-26(24)29)51-14-6-7-15-52-35(48)40-30/h4-10,13,16,21-22,27-28,30-31H,11-12,14-15,17-19H2,1-3H3,(H,40,48)(H,41,45)(H,43,47)/b7-6+,42-29+/t21-,27+,28+,30-,37-/m1/s1. The number of ether oxygens (including phenoxy) is 2. The van der Waals surface area contributed by atoms with Crippen molar-refractivity contribution in [1.82, 2.24) is 20.3 Å². The van der Waals surface area contributed by atoms with Gasteiger partial charge < -0.3 is 29.8 Å². The zero-order valence-electron chi connectivity index (χ0n) is 29.8. The predicted octanol–water partition coefficient (Wildman–Crippen LogP) is 3.24. The molecule has 2 saturated carbocycles. The average molecular weight is 770 g/mol. The van der Waals surface area contributed by atoms with Crippen molar-refractivity contribution in [2.75, 3.05) is 19.8 Å². The Morgan fingerprint density at radius 1 is 1.00 bits per heavy atom. The predicted molar refractivity (Wildman–Crippen MR) is 190 cm³/mol. The minimum absolute atomic E-state index is 0.132. The number of amides is 4. The summed E-state index contributed by atoms with van der Waals surface area (Å²) in [6.07, 6.45) is -1.63. The Kier molecular flexibility index (Phi) is 9.64. The summed E-state index contributed by atoms with van der Waals surface area (Å²) in [5, 5.41) is 8.72. The molecular weight excluding hydrogens is 728 g/mol. The number of nitrogens with one attached hydrogen (secondary N) is 3. The first kappa shape index (κ1) is 37.3. The molecule has 0 radical (unpaired) electrons. The first-order valence-electron chi connectivity index (χ1n) is 17.7. The van der Waals surface area contributed by atoms with Gasteiger partial charge in [-0.1, -0.05) is 50.2 Å². The fraction of sp³-hybridized carbons (Fsp3) is 0.486. The molecule has 7 rings (SSSR count). The largest absolute Gasteiger partial charge is 0.490 e. The summed E-state index contributed by atoms with van der Waals surface area (Å²) in [6, 6.07) is 10.5. The van der Waals surface area contributed by atoms with Crippen molar-refractivity contribution in [1.29, 1.82) is 0 Å². The van der Waals surface area contributed by atoms with E-state index < -0.39 is 87.0 Å². The molecule has 3 fully saturated rings. The zero-order chi connectivity index (χ0) is 38.6. The molecule has 5 atom stereocenters. The Morgan fingerprint density at radius 2 is 1.69 bits per heavy atom. The van der Waals surface area contributed by atoms with E-state index in [1.54, 1.807) is 32.9 Å². The maximum Gasteiger partial charge on any atom is 0.408 e. The van der Waals surface area contributed by atoms with Crippen LogP contribution in [0.4, 0.5) is 13.6 Å². The number of carbonyl (C=O) groups is 4. The fourth-order valence-corrected chi connectivity index (χ4v) is 8.49. The van der Waals surface area contributed by atoms with Crippen molar-refractivity contribution in [2.24, 2.45) is 16.5 Å². The fourth-order valence-electron chi connectivity index (χ4n) is 7.12. The molecule has 4 bridgehead atoms. The number of benzene rings is 2. The average Bonchev–Trinajstić information content (AvgIpc) is 4.03. The molecule has 5 aliphatic rings. The van der Waals surface area contributed by atoms with Crippen molar-refractivity contribution < 1.29 is 50.7 Å². The molecule has 14 nitrogen and oxygen atoms in total. The molecule has 17 heteroatoms. The zero-order valence-corrected chi connectivity index (χ0v) is 30.7. The van der Waals surface area contributed by atoms with E-state index in [0.29, 0.717) is 24.3 Å². The molecule has 2 aliphatic heterocycles. The van der Waals surface area contributed by atoms with Crippen LogP contribution in [0.3, 0.4) is 0 Å². The molecule has 0 spiro atoms. The molecule has 3 aliphatic carbocycles. The van der Waals surface area contributed by atoms with E-state index in [-0.39, 0.29) is 26.2 Å². The van der Waals surface area contributed by atoms with Gasteiger partial charge in [-0.3, -0.25) is 19.1 Å². The van der Waals surface area contributed by atoms with E-state index in [4.69, 9.17) is 14.3 Å². The number of oxime groups is 1. The van der Waals surface area contributed by atoms with E-state index >= 15 is 0 Å². The van der Waals surface area contributed by atoms with Gasteiger partial charge in [0.05, 0.1) is 17.7 Å². The van der Waals surface area contributed by atoms with Crippen molar-refractivity contribution >= 4 is 39.5 Å². The Bertz CT molecular complexity index is 2050. The Morgan fingerprint density at radius 3 is 2.35 bits per heavy atom. The lowest BCUT2D eigenvalue weighted by Crippen LogP contribution is -2.60. The first-order chi connectivity index (χ1) is 25.6. The van der Waals surface area contributed by atoms with Gasteiger partial charge in [0.25, 0.3) is 5.91 Å². The van der Waals surface area contributed by atoms with Gasteiger partial charge >= 0.3 is 6.09 Å². The van der Waals surface area contributed by atoms with Gasteiger partial charge in [0.1, 0.15) is 48.4 Å². The Labute approximate surface area is 310 Å². The van der Waals surface area contributed by atoms with Crippen LogP contribution >= 0.6 is 0 Å². The quantitative estimate of drug-likeness (QED) is 0.317. The molecule has 4 amide bonds. The third-order valence-corrected chi connectivity index (χ3v) is 12.1. The molecule has 54 heavy (non-hydrogen) atoms. The van der Waals surface area contributed by atoms with E-state index in [2.05, 4.69) is 15.8 Å². The molecule has 2 heterocycles. The number of hydrogen-bond acceptors (Lipinski definition) is 10. The molecule has 2 aromatic carbocycles. The van der Waals surface area contributed by atoms with Crippen LogP contribution in [0.15, 0.2) is 59.8 Å². The van der Waals surface area contributed by atoms with Crippen LogP contribution in [0.1, 0.15) is 57.6 Å². The monoisotopic (exact) mass is 769 g/mol. The molecule has 0 unspecified atom stereocenters. The Hall–Kier alpha value is -5.06. The molecule has 0 aromatic heterocycles. The lowest BCUT2D eigenvalue weighted by Gasteiger charge is -2.35. The summed E-state index contributed by atoms with van der Waals surface area (Å²) >= 11 is 0. The van der Waals surface area contributed by atoms with E-state index in [9.17, 15) is 36.4 Å². The number of cyclic esters (lactones) is 1. The lowest BCUT2D eigenvalue weighted by atomic mass is 9.85. The van der Waals surface area contributed by atoms with Crippen LogP contribution in [-0.4, -0.2) is 98.0 Å². The van der Waals surface area contributed by atoms with Gasteiger partial charge in [0.2, 0.25) is 28.3 Å². The highest BCUT2D eigenvalue weighted by Gasteiger charge is 2.67. The van der Waals surface area contributed by atoms with Crippen LogP contribution in [-0.2, 0) is 34.0 Å². The maximum absolute atomic E-state index is 14.4. The second-order valence-corrected chi connectivity index (χ2v) is 17.2. The maximum atomic E-state index is 14.4. The summed E-state index contributed by atoms with van der Waals surface area (Å²) in [4.78, 5) is 62.0. The number of rotatable bonds is 6. The highest BCUT2D eigenvalue weighted by atomic mass is 32.2. The van der Waals surface area contributed by atoms with Crippen molar-refractivity contribution in [3.63, 3.8) is 0 Å². The van der Waals surface area contributed by atoms with E-state index in [1.165, 1.54) is 4.90 Å². The van der Waals surface area contributed by atoms with Gasteiger partial charge in [-0.25, -0.2) is 22.0 Å². The van der Waals surface area contributed by atoms with Gasteiger partial charge in [0.15, 0.2) is 0 Å². The highest BCUT2D eigenvalue weighted by molar-refractivity contribution is 7.91. The number of alkyl carbamates (subject to hydrolysis) is 1. The summed E-state index contributed by atoms with van der Waals surface area (Å²) in [5.41, 5.74) is 0.661. The third-order valence-electron chi connectivity index (χ3n) is 10.3. The van der Waals surface area contributed by atoms with Crippen LogP contribution < -0.4 is 20.1 Å². The number of carbonyl (C=O) groups excluding carboxylic acids is 4. The second kappa shape index (κ2) is 14.0.